The molecule has 0 radical (unpaired) electrons. The van der Waals surface area contributed by atoms with Crippen LogP contribution >= 0.6 is 0 Å². The molecule has 1 fully saturated rings. The summed E-state index contributed by atoms with van der Waals surface area (Å²) >= 11 is 0. The van der Waals surface area contributed by atoms with Crippen molar-refractivity contribution in [1.82, 2.24) is 0 Å². The molecule has 2 aromatic carbocycles. The van der Waals surface area contributed by atoms with Crippen molar-refractivity contribution in [3.63, 3.8) is 0 Å². The van der Waals surface area contributed by atoms with Gasteiger partial charge in [0, 0.05) is 5.69 Å². The van der Waals surface area contributed by atoms with Crippen molar-refractivity contribution in [2.24, 2.45) is 0 Å². The number of halogens is 1. The first-order valence-corrected chi connectivity index (χ1v) is 9.63. The van der Waals surface area contributed by atoms with E-state index in [0.717, 1.165) is 40.8 Å². The molecule has 0 saturated heterocycles. The van der Waals surface area contributed by atoms with Gasteiger partial charge in [-0.1, -0.05) is 42.7 Å². The molecule has 0 atom stereocenters. The lowest BCUT2D eigenvalue weighted by Gasteiger charge is -2.27. The maximum absolute atomic E-state index is 13.3. The zero-order chi connectivity index (χ0) is 20.3. The Morgan fingerprint density at radius 1 is 1.04 bits per heavy atom. The van der Waals surface area contributed by atoms with Crippen molar-refractivity contribution < 1.29 is 18.7 Å². The highest BCUT2D eigenvalue weighted by molar-refractivity contribution is 5.95. The van der Waals surface area contributed by atoms with Crippen LogP contribution in [0.1, 0.15) is 47.9 Å². The second-order valence-electron chi connectivity index (χ2n) is 7.69. The van der Waals surface area contributed by atoms with Gasteiger partial charge < -0.3 is 10.1 Å². The van der Waals surface area contributed by atoms with Gasteiger partial charge in [0.1, 0.15) is 5.82 Å². The third-order valence-electron chi connectivity index (χ3n) is 5.52. The Hall–Kier alpha value is -2.69. The number of aryl methyl sites for hydroxylation is 3. The van der Waals surface area contributed by atoms with E-state index in [1.165, 1.54) is 12.1 Å². The molecular weight excluding hydrogens is 357 g/mol. The molecule has 1 amide bonds. The van der Waals surface area contributed by atoms with Gasteiger partial charge in [0.15, 0.2) is 6.61 Å². The van der Waals surface area contributed by atoms with Crippen molar-refractivity contribution in [2.45, 2.75) is 51.9 Å². The summed E-state index contributed by atoms with van der Waals surface area (Å²) in [7, 11) is 0. The van der Waals surface area contributed by atoms with Crippen LogP contribution in [0.15, 0.2) is 36.4 Å². The molecule has 3 rings (SSSR count). The Labute approximate surface area is 165 Å². The molecule has 2 aromatic rings. The van der Waals surface area contributed by atoms with E-state index in [2.05, 4.69) is 5.32 Å². The second kappa shape index (κ2) is 8.13. The Kier molecular flexibility index (Phi) is 5.82. The Morgan fingerprint density at radius 2 is 1.61 bits per heavy atom. The quantitative estimate of drug-likeness (QED) is 0.759. The van der Waals surface area contributed by atoms with Crippen LogP contribution in [-0.4, -0.2) is 18.5 Å². The SMILES string of the molecule is Cc1cc(C)c(NC(=O)COC(=O)C2(c3ccc(F)cc3)CCCC2)c(C)c1. The Morgan fingerprint density at radius 3 is 2.18 bits per heavy atom. The number of rotatable bonds is 5. The summed E-state index contributed by atoms with van der Waals surface area (Å²) in [5.74, 6) is -1.12. The molecule has 1 N–H and O–H groups in total. The van der Waals surface area contributed by atoms with Crippen molar-refractivity contribution in [1.29, 1.82) is 0 Å². The fourth-order valence-electron chi connectivity index (χ4n) is 4.18. The molecule has 148 valence electrons. The van der Waals surface area contributed by atoms with Gasteiger partial charge >= 0.3 is 5.97 Å². The number of amides is 1. The number of benzene rings is 2. The number of carbonyl (C=O) groups excluding carboxylic acids is 2. The van der Waals surface area contributed by atoms with Crippen LogP contribution in [0.25, 0.3) is 0 Å². The summed E-state index contributed by atoms with van der Waals surface area (Å²) in [4.78, 5) is 25.3. The van der Waals surface area contributed by atoms with E-state index in [1.54, 1.807) is 12.1 Å². The van der Waals surface area contributed by atoms with Crippen LogP contribution in [0.3, 0.4) is 0 Å². The molecule has 1 aliphatic carbocycles. The summed E-state index contributed by atoms with van der Waals surface area (Å²) in [6.45, 7) is 5.53. The van der Waals surface area contributed by atoms with Gasteiger partial charge in [0.25, 0.3) is 5.91 Å². The molecule has 0 bridgehead atoms. The van der Waals surface area contributed by atoms with Gasteiger partial charge in [-0.3, -0.25) is 9.59 Å². The molecule has 1 saturated carbocycles. The molecule has 0 unspecified atom stereocenters. The number of ether oxygens (including phenoxy) is 1. The molecule has 28 heavy (non-hydrogen) atoms. The summed E-state index contributed by atoms with van der Waals surface area (Å²) in [6, 6.07) is 9.99. The number of nitrogens with one attached hydrogen (secondary N) is 1. The topological polar surface area (TPSA) is 55.4 Å². The normalized spacial score (nSPS) is 15.3. The zero-order valence-electron chi connectivity index (χ0n) is 16.6. The summed E-state index contributed by atoms with van der Waals surface area (Å²) < 4.78 is 18.7. The number of hydrogen-bond donors (Lipinski definition) is 1. The van der Waals surface area contributed by atoms with Crippen LogP contribution < -0.4 is 5.32 Å². The van der Waals surface area contributed by atoms with Gasteiger partial charge in [0.05, 0.1) is 5.41 Å². The summed E-state index contributed by atoms with van der Waals surface area (Å²) in [6.07, 6.45) is 3.10. The van der Waals surface area contributed by atoms with Crippen LogP contribution in [-0.2, 0) is 19.7 Å². The molecule has 0 heterocycles. The standard InChI is InChI=1S/C23H26FNO3/c1-15-12-16(2)21(17(3)13-15)25-20(26)14-28-22(27)23(10-4-5-11-23)18-6-8-19(24)9-7-18/h6-9,12-13H,4-5,10-11,14H2,1-3H3,(H,25,26). The molecule has 0 aliphatic heterocycles. The van der Waals surface area contributed by atoms with Gasteiger partial charge in [-0.15, -0.1) is 0 Å². The highest BCUT2D eigenvalue weighted by Gasteiger charge is 2.44. The molecular formula is C23H26FNO3. The average molecular weight is 383 g/mol. The molecule has 5 heteroatoms. The van der Waals surface area contributed by atoms with Crippen molar-refractivity contribution in [2.75, 3.05) is 11.9 Å². The van der Waals surface area contributed by atoms with Gasteiger partial charge in [0.2, 0.25) is 0 Å². The minimum absolute atomic E-state index is 0.339. The first kappa shape index (κ1) is 20.1. The fourth-order valence-corrected chi connectivity index (χ4v) is 4.18. The van der Waals surface area contributed by atoms with Crippen molar-refractivity contribution >= 4 is 17.6 Å². The Balaban J connectivity index is 1.68. The van der Waals surface area contributed by atoms with E-state index in [4.69, 9.17) is 4.74 Å². The summed E-state index contributed by atoms with van der Waals surface area (Å²) in [5, 5.41) is 2.85. The maximum Gasteiger partial charge on any atom is 0.317 e. The van der Waals surface area contributed by atoms with Crippen molar-refractivity contribution in [3.05, 3.63) is 64.5 Å². The fraction of sp³-hybridized carbons (Fsp3) is 0.391. The van der Waals surface area contributed by atoms with E-state index >= 15 is 0 Å². The number of anilines is 1. The van der Waals surface area contributed by atoms with Gasteiger partial charge in [-0.25, -0.2) is 4.39 Å². The monoisotopic (exact) mass is 383 g/mol. The highest BCUT2D eigenvalue weighted by atomic mass is 19.1. The first-order valence-electron chi connectivity index (χ1n) is 9.63. The predicted octanol–water partition coefficient (Wildman–Crippen LogP) is 4.74. The third-order valence-corrected chi connectivity index (χ3v) is 5.52. The van der Waals surface area contributed by atoms with E-state index in [9.17, 15) is 14.0 Å². The second-order valence-corrected chi connectivity index (χ2v) is 7.69. The van der Waals surface area contributed by atoms with E-state index in [1.807, 2.05) is 32.9 Å². The minimum atomic E-state index is -0.788. The average Bonchev–Trinajstić information content (AvgIpc) is 3.14. The smallest absolute Gasteiger partial charge is 0.317 e. The van der Waals surface area contributed by atoms with Crippen molar-refractivity contribution in [3.8, 4) is 0 Å². The third kappa shape index (κ3) is 4.08. The number of esters is 1. The highest BCUT2D eigenvalue weighted by Crippen LogP contribution is 2.42. The predicted molar refractivity (Wildman–Crippen MR) is 107 cm³/mol. The molecule has 1 aliphatic rings. The maximum atomic E-state index is 13.3. The summed E-state index contributed by atoms with van der Waals surface area (Å²) in [5.41, 5.74) is 3.78. The lowest BCUT2D eigenvalue weighted by molar-refractivity contribution is -0.153. The van der Waals surface area contributed by atoms with Crippen LogP contribution in [0.5, 0.6) is 0 Å². The van der Waals surface area contributed by atoms with Gasteiger partial charge in [-0.2, -0.15) is 0 Å². The molecule has 0 aromatic heterocycles. The lowest BCUT2D eigenvalue weighted by Crippen LogP contribution is -2.36. The molecule has 0 spiro atoms. The molecule has 4 nitrogen and oxygen atoms in total. The minimum Gasteiger partial charge on any atom is -0.455 e. The van der Waals surface area contributed by atoms with Gasteiger partial charge in [-0.05, 0) is 62.4 Å². The number of carbonyl (C=O) groups is 2. The van der Waals surface area contributed by atoms with E-state index < -0.39 is 11.4 Å². The number of hydrogen-bond acceptors (Lipinski definition) is 3. The van der Waals surface area contributed by atoms with Crippen LogP contribution in [0.4, 0.5) is 10.1 Å². The lowest BCUT2D eigenvalue weighted by atomic mass is 9.79. The first-order chi connectivity index (χ1) is 13.3. The van der Waals surface area contributed by atoms with Crippen LogP contribution in [0, 0.1) is 26.6 Å². The largest absolute Gasteiger partial charge is 0.455 e. The Bertz CT molecular complexity index is 860. The zero-order valence-corrected chi connectivity index (χ0v) is 16.6. The van der Waals surface area contributed by atoms with E-state index in [-0.39, 0.29) is 18.3 Å². The van der Waals surface area contributed by atoms with Crippen LogP contribution in [0.2, 0.25) is 0 Å². The van der Waals surface area contributed by atoms with E-state index in [0.29, 0.717) is 12.8 Å².